The molecule has 3 fully saturated rings. The summed E-state index contributed by atoms with van der Waals surface area (Å²) in [5, 5.41) is 3.99. The van der Waals surface area contributed by atoms with Crippen LogP contribution in [0.4, 0.5) is 5.82 Å². The first kappa shape index (κ1) is 18.1. The van der Waals surface area contributed by atoms with Crippen LogP contribution >= 0.6 is 22.9 Å². The van der Waals surface area contributed by atoms with E-state index in [9.17, 15) is 0 Å². The van der Waals surface area contributed by atoms with Crippen LogP contribution in [0.25, 0.3) is 10.2 Å². The lowest BCUT2D eigenvalue weighted by atomic mass is 9.94. The van der Waals surface area contributed by atoms with Crippen molar-refractivity contribution in [2.24, 2.45) is 0 Å². The molecule has 0 aromatic carbocycles. The van der Waals surface area contributed by atoms with Gasteiger partial charge in [0.05, 0.1) is 29.5 Å². The summed E-state index contributed by atoms with van der Waals surface area (Å²) >= 11 is 8.14. The third kappa shape index (κ3) is 3.56. The van der Waals surface area contributed by atoms with Crippen LogP contribution < -0.4 is 10.2 Å². The summed E-state index contributed by atoms with van der Waals surface area (Å²) in [4.78, 5) is 15.5. The van der Waals surface area contributed by atoms with Crippen LogP contribution in [0.3, 0.4) is 0 Å². The molecule has 0 amide bonds. The molecule has 0 bridgehead atoms. The Hall–Kier alpha value is -0.990. The maximum Gasteiger partial charge on any atom is 0.224 e. The number of rotatable bonds is 4. The number of hydrogen-bond acceptors (Lipinski definition) is 7. The molecule has 5 heterocycles. The minimum absolute atomic E-state index is 0.338. The minimum atomic E-state index is 0.338. The highest BCUT2D eigenvalue weighted by Gasteiger charge is 2.35. The van der Waals surface area contributed by atoms with Gasteiger partial charge in [0.15, 0.2) is 5.82 Å². The summed E-state index contributed by atoms with van der Waals surface area (Å²) in [6, 6.07) is 3.25. The predicted octanol–water partition coefficient (Wildman–Crippen LogP) is 3.07. The zero-order valence-corrected chi connectivity index (χ0v) is 17.1. The fraction of sp³-hybridized carbons (Fsp3) is 0.684. The van der Waals surface area contributed by atoms with Gasteiger partial charge in [-0.1, -0.05) is 6.42 Å². The molecular weight excluding hydrogens is 382 g/mol. The molecule has 3 aliphatic rings. The van der Waals surface area contributed by atoms with E-state index in [-0.39, 0.29) is 0 Å². The van der Waals surface area contributed by atoms with Gasteiger partial charge in [-0.3, -0.25) is 4.90 Å². The van der Waals surface area contributed by atoms with Crippen LogP contribution in [0.5, 0.6) is 0 Å². The van der Waals surface area contributed by atoms with E-state index in [0.717, 1.165) is 48.9 Å². The first-order valence-electron chi connectivity index (χ1n) is 10.1. The maximum atomic E-state index is 6.28. The highest BCUT2D eigenvalue weighted by atomic mass is 35.5. The van der Waals surface area contributed by atoms with Gasteiger partial charge in [-0.15, -0.1) is 11.3 Å². The lowest BCUT2D eigenvalue weighted by Crippen LogP contribution is -2.53. The molecule has 6 nitrogen and oxygen atoms in total. The van der Waals surface area contributed by atoms with Gasteiger partial charge in [0.25, 0.3) is 0 Å². The first-order chi connectivity index (χ1) is 13.3. The van der Waals surface area contributed by atoms with Crippen molar-refractivity contribution in [3.8, 4) is 0 Å². The van der Waals surface area contributed by atoms with Crippen molar-refractivity contribution in [1.29, 1.82) is 0 Å². The molecule has 0 spiro atoms. The number of anilines is 1. The Balaban J connectivity index is 1.53. The molecule has 2 aromatic heterocycles. The summed E-state index contributed by atoms with van der Waals surface area (Å²) in [5.74, 6) is 0.975. The SMILES string of the molecule is Clc1nc(N2CCOCC2)c2sc(C(C3CCN3)N3CCCCC3)cc2n1. The van der Waals surface area contributed by atoms with Crippen molar-refractivity contribution in [3.05, 3.63) is 16.2 Å². The second-order valence-corrected chi connectivity index (χ2v) is 9.09. The van der Waals surface area contributed by atoms with Gasteiger partial charge in [-0.25, -0.2) is 4.98 Å². The molecule has 2 atom stereocenters. The topological polar surface area (TPSA) is 53.5 Å². The van der Waals surface area contributed by atoms with Gasteiger partial charge >= 0.3 is 0 Å². The van der Waals surface area contributed by atoms with Crippen LogP contribution in [0.2, 0.25) is 5.28 Å². The van der Waals surface area contributed by atoms with Gasteiger partial charge in [0, 0.05) is 24.0 Å². The Morgan fingerprint density at radius 1 is 1.15 bits per heavy atom. The summed E-state index contributed by atoms with van der Waals surface area (Å²) in [7, 11) is 0. The van der Waals surface area contributed by atoms with Gasteiger partial charge in [-0.05, 0) is 56.6 Å². The third-order valence-corrected chi connectivity index (χ3v) is 7.33. The van der Waals surface area contributed by atoms with Gasteiger partial charge in [0.2, 0.25) is 5.28 Å². The second kappa shape index (κ2) is 7.79. The van der Waals surface area contributed by atoms with Crippen molar-refractivity contribution in [1.82, 2.24) is 20.2 Å². The Labute approximate surface area is 168 Å². The van der Waals surface area contributed by atoms with E-state index in [2.05, 4.69) is 31.2 Å². The number of fused-ring (bicyclic) bond motifs is 1. The van der Waals surface area contributed by atoms with Crippen molar-refractivity contribution >= 4 is 39.0 Å². The van der Waals surface area contributed by atoms with Crippen molar-refractivity contribution in [2.45, 2.75) is 37.8 Å². The smallest absolute Gasteiger partial charge is 0.224 e. The van der Waals surface area contributed by atoms with E-state index in [0.29, 0.717) is 17.4 Å². The monoisotopic (exact) mass is 407 g/mol. The molecule has 3 aliphatic heterocycles. The number of piperidine rings is 1. The van der Waals surface area contributed by atoms with E-state index >= 15 is 0 Å². The molecule has 2 unspecified atom stereocenters. The molecular formula is C19H26ClN5OS. The lowest BCUT2D eigenvalue weighted by molar-refractivity contribution is 0.107. The molecule has 0 saturated carbocycles. The fourth-order valence-electron chi connectivity index (χ4n) is 4.45. The molecule has 0 aliphatic carbocycles. The molecule has 1 N–H and O–H groups in total. The molecule has 0 radical (unpaired) electrons. The number of morpholine rings is 1. The normalized spacial score (nSPS) is 25.5. The maximum absolute atomic E-state index is 6.28. The third-order valence-electron chi connectivity index (χ3n) is 5.97. The highest BCUT2D eigenvalue weighted by molar-refractivity contribution is 7.19. The number of ether oxygens (including phenoxy) is 1. The Morgan fingerprint density at radius 3 is 2.63 bits per heavy atom. The summed E-state index contributed by atoms with van der Waals surface area (Å²) in [5.41, 5.74) is 0.984. The van der Waals surface area contributed by atoms with Crippen LogP contribution in [0, 0.1) is 0 Å². The number of likely N-dealkylation sites (tertiary alicyclic amines) is 1. The molecule has 8 heteroatoms. The van der Waals surface area contributed by atoms with Crippen molar-refractivity contribution < 1.29 is 4.74 Å². The van der Waals surface area contributed by atoms with E-state index in [1.54, 1.807) is 0 Å². The van der Waals surface area contributed by atoms with Crippen LogP contribution in [0.1, 0.15) is 36.6 Å². The number of nitrogens with one attached hydrogen (secondary N) is 1. The number of hydrogen-bond donors (Lipinski definition) is 1. The average molecular weight is 408 g/mol. The van der Waals surface area contributed by atoms with Crippen LogP contribution in [0.15, 0.2) is 6.07 Å². The Morgan fingerprint density at radius 2 is 1.93 bits per heavy atom. The largest absolute Gasteiger partial charge is 0.378 e. The van der Waals surface area contributed by atoms with E-state index in [4.69, 9.17) is 16.3 Å². The number of halogens is 1. The molecule has 5 rings (SSSR count). The van der Waals surface area contributed by atoms with Crippen molar-refractivity contribution in [2.75, 3.05) is 50.8 Å². The molecule has 27 heavy (non-hydrogen) atoms. The van der Waals surface area contributed by atoms with Crippen LogP contribution in [-0.4, -0.2) is 66.8 Å². The van der Waals surface area contributed by atoms with E-state index < -0.39 is 0 Å². The zero-order valence-electron chi connectivity index (χ0n) is 15.5. The van der Waals surface area contributed by atoms with Gasteiger partial charge < -0.3 is 15.0 Å². The second-order valence-electron chi connectivity index (χ2n) is 7.67. The Kier molecular flexibility index (Phi) is 5.21. The average Bonchev–Trinajstić information content (AvgIpc) is 3.08. The first-order valence-corrected chi connectivity index (χ1v) is 11.3. The Bertz CT molecular complexity index is 799. The molecule has 146 valence electrons. The summed E-state index contributed by atoms with van der Waals surface area (Å²) in [6.45, 7) is 6.71. The highest BCUT2D eigenvalue weighted by Crippen LogP contribution is 2.40. The number of thiophene rings is 1. The standard InChI is InChI=1S/C19H26ClN5OS/c20-19-22-14-12-15(16(13-4-5-21-13)24-6-2-1-3-7-24)27-17(14)18(23-19)25-8-10-26-11-9-25/h12-13,16,21H,1-11H2. The van der Waals surface area contributed by atoms with Crippen molar-refractivity contribution in [3.63, 3.8) is 0 Å². The van der Waals surface area contributed by atoms with Gasteiger partial charge in [0.1, 0.15) is 0 Å². The molecule has 3 saturated heterocycles. The zero-order chi connectivity index (χ0) is 18.2. The van der Waals surface area contributed by atoms with E-state index in [1.165, 1.54) is 43.6 Å². The van der Waals surface area contributed by atoms with Gasteiger partial charge in [-0.2, -0.15) is 4.98 Å². The fourth-order valence-corrected chi connectivity index (χ4v) is 5.94. The van der Waals surface area contributed by atoms with Crippen LogP contribution in [-0.2, 0) is 4.74 Å². The lowest BCUT2D eigenvalue weighted by Gasteiger charge is -2.43. The van der Waals surface area contributed by atoms with E-state index in [1.807, 2.05) is 11.3 Å². The number of nitrogens with zero attached hydrogens (tertiary/aromatic N) is 4. The quantitative estimate of drug-likeness (QED) is 0.786. The molecule has 2 aromatic rings. The minimum Gasteiger partial charge on any atom is -0.378 e. The predicted molar refractivity (Wildman–Crippen MR) is 110 cm³/mol. The summed E-state index contributed by atoms with van der Waals surface area (Å²) < 4.78 is 6.67. The summed E-state index contributed by atoms with van der Waals surface area (Å²) in [6.07, 6.45) is 5.21. The number of aromatic nitrogens is 2.